The number of carbonyl (C=O) groups excluding carboxylic acids is 1. The molecule has 0 unspecified atom stereocenters. The van der Waals surface area contributed by atoms with Gasteiger partial charge < -0.3 is 9.84 Å². The molecule has 0 aromatic rings. The van der Waals surface area contributed by atoms with Gasteiger partial charge in [0.2, 0.25) is 0 Å². The summed E-state index contributed by atoms with van der Waals surface area (Å²) in [5.41, 5.74) is 0.993. The predicted molar refractivity (Wildman–Crippen MR) is 130 cm³/mol. The molecule has 178 valence electrons. The average Bonchev–Trinajstić information content (AvgIpc) is 2.71. The maximum Gasteiger partial charge on any atom is 0.330 e. The molecule has 0 radical (unpaired) electrons. The van der Waals surface area contributed by atoms with Crippen LogP contribution >= 0.6 is 0 Å². The third-order valence-electron chi connectivity index (χ3n) is 5.70. The zero-order valence-corrected chi connectivity index (χ0v) is 20.4. The summed E-state index contributed by atoms with van der Waals surface area (Å²) in [5.74, 6) is -0.198. The van der Waals surface area contributed by atoms with Gasteiger partial charge in [-0.05, 0) is 26.7 Å². The smallest absolute Gasteiger partial charge is 0.330 e. The number of aliphatic hydroxyl groups excluding tert-OH is 1. The van der Waals surface area contributed by atoms with Crippen molar-refractivity contribution in [1.29, 1.82) is 0 Å². The van der Waals surface area contributed by atoms with Gasteiger partial charge >= 0.3 is 5.97 Å². The Bertz CT molecular complexity index is 386. The summed E-state index contributed by atoms with van der Waals surface area (Å²) >= 11 is 0. The minimum Gasteiger partial charge on any atom is -0.463 e. The summed E-state index contributed by atoms with van der Waals surface area (Å²) in [5, 5.41) is 8.74. The largest absolute Gasteiger partial charge is 0.463 e. The number of allylic oxidation sites excluding steroid dienone is 1. The Kier molecular flexibility index (Phi) is 23.8. The van der Waals surface area contributed by atoms with E-state index < -0.39 is 0 Å². The Hall–Kier alpha value is -0.830. The third kappa shape index (κ3) is 25.2. The molecule has 0 bridgehead atoms. The normalized spacial score (nSPS) is 10.9. The van der Waals surface area contributed by atoms with Crippen molar-refractivity contribution in [3.05, 3.63) is 11.6 Å². The van der Waals surface area contributed by atoms with E-state index in [9.17, 15) is 4.79 Å². The minimum absolute atomic E-state index is 0.198. The number of esters is 1. The average molecular weight is 425 g/mol. The van der Waals surface area contributed by atoms with Gasteiger partial charge in [-0.2, -0.15) is 0 Å². The summed E-state index contributed by atoms with van der Waals surface area (Å²) in [6, 6.07) is 0. The standard InChI is InChI=1S/C27H52O3/c1-26(2)25-27(29)30-24-22-20-18-16-14-12-10-8-6-4-3-5-7-9-11-13-15-17-19-21-23-28/h25,28H,3-24H2,1-2H3. The number of carbonyl (C=O) groups is 1. The Morgan fingerprint density at radius 3 is 1.17 bits per heavy atom. The van der Waals surface area contributed by atoms with Crippen LogP contribution in [0.2, 0.25) is 0 Å². The fraction of sp³-hybridized carbons (Fsp3) is 0.889. The van der Waals surface area contributed by atoms with Crippen LogP contribution in [0.25, 0.3) is 0 Å². The fourth-order valence-electron chi connectivity index (χ4n) is 3.85. The molecule has 0 saturated carbocycles. The van der Waals surface area contributed by atoms with E-state index in [0.29, 0.717) is 13.2 Å². The number of rotatable bonds is 23. The summed E-state index contributed by atoms with van der Waals surface area (Å²) < 4.78 is 5.17. The number of hydrogen-bond acceptors (Lipinski definition) is 3. The van der Waals surface area contributed by atoms with Crippen molar-refractivity contribution < 1.29 is 14.6 Å². The highest BCUT2D eigenvalue weighted by Gasteiger charge is 1.98. The SMILES string of the molecule is CC(C)=CC(=O)OCCCCCCCCCCCCCCCCCCCCCCO. The molecule has 1 N–H and O–H groups in total. The molecule has 0 aromatic heterocycles. The lowest BCUT2D eigenvalue weighted by Crippen LogP contribution is -2.02. The van der Waals surface area contributed by atoms with E-state index in [2.05, 4.69) is 0 Å². The van der Waals surface area contributed by atoms with Gasteiger partial charge in [0.1, 0.15) is 0 Å². The van der Waals surface area contributed by atoms with Gasteiger partial charge in [0, 0.05) is 12.7 Å². The quantitative estimate of drug-likeness (QED) is 0.102. The van der Waals surface area contributed by atoms with Crippen molar-refractivity contribution in [2.75, 3.05) is 13.2 Å². The topological polar surface area (TPSA) is 46.5 Å². The van der Waals surface area contributed by atoms with Crippen LogP contribution in [0.1, 0.15) is 142 Å². The lowest BCUT2D eigenvalue weighted by Gasteiger charge is -2.04. The lowest BCUT2D eigenvalue weighted by atomic mass is 10.0. The second kappa shape index (κ2) is 24.4. The van der Waals surface area contributed by atoms with E-state index in [1.54, 1.807) is 6.08 Å². The Labute approximate surface area is 188 Å². The van der Waals surface area contributed by atoms with Crippen LogP contribution in [-0.4, -0.2) is 24.3 Å². The Morgan fingerprint density at radius 2 is 0.867 bits per heavy atom. The molecule has 0 aliphatic heterocycles. The summed E-state index contributed by atoms with van der Waals surface area (Å²) in [7, 11) is 0. The maximum atomic E-state index is 11.4. The van der Waals surface area contributed by atoms with Gasteiger partial charge in [0.15, 0.2) is 0 Å². The molecule has 0 amide bonds. The molecule has 0 fully saturated rings. The molecule has 0 aliphatic carbocycles. The van der Waals surface area contributed by atoms with Crippen molar-refractivity contribution >= 4 is 5.97 Å². The van der Waals surface area contributed by atoms with E-state index in [0.717, 1.165) is 18.4 Å². The summed E-state index contributed by atoms with van der Waals surface area (Å²) in [6.07, 6.45) is 28.0. The third-order valence-corrected chi connectivity index (χ3v) is 5.70. The molecule has 0 heterocycles. The molecule has 30 heavy (non-hydrogen) atoms. The van der Waals surface area contributed by atoms with Crippen LogP contribution in [0.15, 0.2) is 11.6 Å². The van der Waals surface area contributed by atoms with Crippen LogP contribution in [0.4, 0.5) is 0 Å². The van der Waals surface area contributed by atoms with Crippen LogP contribution in [-0.2, 0) is 9.53 Å². The van der Waals surface area contributed by atoms with Crippen molar-refractivity contribution in [1.82, 2.24) is 0 Å². The number of hydrogen-bond donors (Lipinski definition) is 1. The molecule has 3 nitrogen and oxygen atoms in total. The van der Waals surface area contributed by atoms with Crippen LogP contribution < -0.4 is 0 Å². The van der Waals surface area contributed by atoms with Gasteiger partial charge in [0.05, 0.1) is 6.61 Å². The fourth-order valence-corrected chi connectivity index (χ4v) is 3.85. The first-order valence-electron chi connectivity index (χ1n) is 13.1. The molecular weight excluding hydrogens is 372 g/mol. The molecule has 0 saturated heterocycles. The van der Waals surface area contributed by atoms with E-state index >= 15 is 0 Å². The molecule has 0 atom stereocenters. The van der Waals surface area contributed by atoms with E-state index in [-0.39, 0.29) is 5.97 Å². The number of aliphatic hydroxyl groups is 1. The molecule has 0 aliphatic rings. The summed E-state index contributed by atoms with van der Waals surface area (Å²) in [6.45, 7) is 4.75. The van der Waals surface area contributed by atoms with Gasteiger partial charge in [0.25, 0.3) is 0 Å². The predicted octanol–water partition coefficient (Wildman–Crippen LogP) is 8.29. The highest BCUT2D eigenvalue weighted by Crippen LogP contribution is 2.14. The first-order chi connectivity index (χ1) is 14.7. The second-order valence-electron chi connectivity index (χ2n) is 9.18. The first-order valence-corrected chi connectivity index (χ1v) is 13.1. The zero-order chi connectivity index (χ0) is 22.1. The second-order valence-corrected chi connectivity index (χ2v) is 9.18. The van der Waals surface area contributed by atoms with Crippen LogP contribution in [0.5, 0.6) is 0 Å². The first kappa shape index (κ1) is 29.2. The Morgan fingerprint density at radius 1 is 0.567 bits per heavy atom. The van der Waals surface area contributed by atoms with Crippen LogP contribution in [0, 0.1) is 0 Å². The molecule has 0 rings (SSSR count). The molecule has 0 aromatic carbocycles. The minimum atomic E-state index is -0.198. The number of unbranched alkanes of at least 4 members (excludes halogenated alkanes) is 19. The van der Waals surface area contributed by atoms with E-state index in [1.165, 1.54) is 116 Å². The van der Waals surface area contributed by atoms with Gasteiger partial charge in [-0.25, -0.2) is 4.79 Å². The maximum absolute atomic E-state index is 11.4. The molecule has 3 heteroatoms. The highest BCUT2D eigenvalue weighted by atomic mass is 16.5. The monoisotopic (exact) mass is 424 g/mol. The van der Waals surface area contributed by atoms with Crippen molar-refractivity contribution in [2.24, 2.45) is 0 Å². The van der Waals surface area contributed by atoms with Crippen molar-refractivity contribution in [3.8, 4) is 0 Å². The van der Waals surface area contributed by atoms with Gasteiger partial charge in [-0.1, -0.05) is 121 Å². The Balaban J connectivity index is 3.08. The van der Waals surface area contributed by atoms with Gasteiger partial charge in [-0.15, -0.1) is 0 Å². The molecular formula is C27H52O3. The molecule has 0 spiro atoms. The lowest BCUT2D eigenvalue weighted by molar-refractivity contribution is -0.137. The van der Waals surface area contributed by atoms with Crippen molar-refractivity contribution in [2.45, 2.75) is 142 Å². The zero-order valence-electron chi connectivity index (χ0n) is 20.4. The summed E-state index contributed by atoms with van der Waals surface area (Å²) in [4.78, 5) is 11.4. The van der Waals surface area contributed by atoms with Gasteiger partial charge in [-0.3, -0.25) is 0 Å². The highest BCUT2D eigenvalue weighted by molar-refractivity contribution is 5.82. The van der Waals surface area contributed by atoms with Crippen LogP contribution in [0.3, 0.4) is 0 Å². The van der Waals surface area contributed by atoms with E-state index in [4.69, 9.17) is 9.84 Å². The van der Waals surface area contributed by atoms with E-state index in [1.807, 2.05) is 13.8 Å². The number of ether oxygens (including phenoxy) is 1. The van der Waals surface area contributed by atoms with Crippen molar-refractivity contribution in [3.63, 3.8) is 0 Å².